The molecular weight excluding hydrogens is 306 g/mol. The van der Waals surface area contributed by atoms with Gasteiger partial charge in [0.2, 0.25) is 5.91 Å². The van der Waals surface area contributed by atoms with E-state index in [1.165, 1.54) is 5.52 Å². The molecule has 3 amide bonds. The van der Waals surface area contributed by atoms with E-state index in [1.807, 2.05) is 25.1 Å². The van der Waals surface area contributed by atoms with Crippen LogP contribution < -0.4 is 11.1 Å². The average Bonchev–Trinajstić information content (AvgIpc) is 2.84. The van der Waals surface area contributed by atoms with Gasteiger partial charge in [-0.15, -0.1) is 0 Å². The zero-order valence-electron chi connectivity index (χ0n) is 13.9. The van der Waals surface area contributed by atoms with E-state index in [4.69, 9.17) is 5.73 Å². The predicted molar refractivity (Wildman–Crippen MR) is 91.4 cm³/mol. The van der Waals surface area contributed by atoms with Crippen molar-refractivity contribution < 1.29 is 9.59 Å². The summed E-state index contributed by atoms with van der Waals surface area (Å²) in [5, 5.41) is 2.11. The Morgan fingerprint density at radius 1 is 1.29 bits per heavy atom. The molecule has 128 valence electrons. The third-order valence-electron chi connectivity index (χ3n) is 4.62. The molecule has 0 aliphatic carbocycles. The molecular formula is C17H23N5O2. The molecule has 0 bridgehead atoms. The van der Waals surface area contributed by atoms with Crippen LogP contribution in [0.1, 0.15) is 18.7 Å². The third-order valence-corrected chi connectivity index (χ3v) is 4.62. The average molecular weight is 329 g/mol. The van der Waals surface area contributed by atoms with E-state index in [2.05, 4.69) is 25.8 Å². The molecule has 7 nitrogen and oxygen atoms in total. The predicted octanol–water partition coefficient (Wildman–Crippen LogP) is 1.25. The van der Waals surface area contributed by atoms with Crippen LogP contribution in [-0.2, 0) is 11.3 Å². The smallest absolute Gasteiger partial charge is 0.318 e. The number of rotatable bonds is 4. The zero-order chi connectivity index (χ0) is 17.1. The van der Waals surface area contributed by atoms with Gasteiger partial charge in [0.1, 0.15) is 5.82 Å². The second-order valence-corrected chi connectivity index (χ2v) is 6.39. The molecule has 2 heterocycles. The van der Waals surface area contributed by atoms with Crippen LogP contribution >= 0.6 is 0 Å². The summed E-state index contributed by atoms with van der Waals surface area (Å²) in [5.41, 5.74) is 7.17. The van der Waals surface area contributed by atoms with Crippen LogP contribution in [0.5, 0.6) is 0 Å². The van der Waals surface area contributed by atoms with Gasteiger partial charge >= 0.3 is 6.03 Å². The van der Waals surface area contributed by atoms with Crippen LogP contribution in [0.2, 0.25) is 0 Å². The highest BCUT2D eigenvalue weighted by atomic mass is 16.2. The van der Waals surface area contributed by atoms with Gasteiger partial charge in [0.25, 0.3) is 0 Å². The second kappa shape index (κ2) is 7.00. The Bertz CT molecular complexity index is 747. The third kappa shape index (κ3) is 3.73. The van der Waals surface area contributed by atoms with E-state index < -0.39 is 6.03 Å². The molecule has 1 aromatic carbocycles. The van der Waals surface area contributed by atoms with E-state index in [0.717, 1.165) is 43.8 Å². The summed E-state index contributed by atoms with van der Waals surface area (Å²) in [6.45, 7) is 4.92. The number of imide groups is 1. The quantitative estimate of drug-likeness (QED) is 0.883. The van der Waals surface area contributed by atoms with Crippen molar-refractivity contribution in [3.63, 3.8) is 0 Å². The number of aromatic nitrogens is 2. The number of benzene rings is 1. The number of aryl methyl sites for hydroxylation is 1. The Labute approximate surface area is 140 Å². The van der Waals surface area contributed by atoms with Crippen LogP contribution in [0.15, 0.2) is 24.3 Å². The van der Waals surface area contributed by atoms with Crippen molar-refractivity contribution in [3.05, 3.63) is 30.1 Å². The van der Waals surface area contributed by atoms with Crippen LogP contribution in [0, 0.1) is 12.8 Å². The Hall–Kier alpha value is -2.41. The van der Waals surface area contributed by atoms with Gasteiger partial charge in [-0.25, -0.2) is 9.78 Å². The summed E-state index contributed by atoms with van der Waals surface area (Å²) in [6.07, 6.45) is 2.05. The molecule has 3 rings (SSSR count). The number of amides is 3. The first-order valence-electron chi connectivity index (χ1n) is 8.26. The SMILES string of the molecule is Cc1nc2ccccc2n1CC1CCN(CC(=O)NC(N)=O)CC1. The largest absolute Gasteiger partial charge is 0.351 e. The van der Waals surface area contributed by atoms with Gasteiger partial charge in [0.15, 0.2) is 0 Å². The van der Waals surface area contributed by atoms with Crippen molar-refractivity contribution in [2.75, 3.05) is 19.6 Å². The van der Waals surface area contributed by atoms with Crippen LogP contribution in [0.4, 0.5) is 4.79 Å². The lowest BCUT2D eigenvalue weighted by atomic mass is 9.96. The van der Waals surface area contributed by atoms with Crippen molar-refractivity contribution >= 4 is 23.0 Å². The van der Waals surface area contributed by atoms with Crippen molar-refractivity contribution in [2.45, 2.75) is 26.3 Å². The molecule has 3 N–H and O–H groups in total. The first-order chi connectivity index (χ1) is 11.5. The molecule has 2 aromatic rings. The van der Waals surface area contributed by atoms with Crippen molar-refractivity contribution in [1.82, 2.24) is 19.8 Å². The highest BCUT2D eigenvalue weighted by molar-refractivity contribution is 5.94. The standard InChI is InChI=1S/C17H23N5O2/c1-12-19-14-4-2-3-5-15(14)22(12)10-13-6-8-21(9-7-13)11-16(23)20-17(18)24/h2-5,13H,6-11H2,1H3,(H3,18,20,23,24). The number of primary amides is 1. The van der Waals surface area contributed by atoms with Crippen LogP contribution in [0.25, 0.3) is 11.0 Å². The number of para-hydroxylation sites is 2. The van der Waals surface area contributed by atoms with Crippen molar-refractivity contribution in [1.29, 1.82) is 0 Å². The number of fused-ring (bicyclic) bond motifs is 1. The summed E-state index contributed by atoms with van der Waals surface area (Å²) in [4.78, 5) is 28.9. The number of imidazole rings is 1. The molecule has 1 fully saturated rings. The zero-order valence-corrected chi connectivity index (χ0v) is 13.9. The molecule has 0 saturated carbocycles. The number of hydrogen-bond donors (Lipinski definition) is 2. The van der Waals surface area contributed by atoms with Crippen LogP contribution in [0.3, 0.4) is 0 Å². The topological polar surface area (TPSA) is 93.2 Å². The number of piperidine rings is 1. The molecule has 0 spiro atoms. The first kappa shape index (κ1) is 16.4. The Balaban J connectivity index is 1.56. The lowest BCUT2D eigenvalue weighted by Gasteiger charge is -2.31. The molecule has 1 aromatic heterocycles. The van der Waals surface area contributed by atoms with Crippen molar-refractivity contribution in [3.8, 4) is 0 Å². The minimum atomic E-state index is -0.794. The molecule has 1 aliphatic heterocycles. The van der Waals surface area contributed by atoms with Gasteiger partial charge in [0, 0.05) is 6.54 Å². The highest BCUT2D eigenvalue weighted by Gasteiger charge is 2.22. The monoisotopic (exact) mass is 329 g/mol. The summed E-state index contributed by atoms with van der Waals surface area (Å²) >= 11 is 0. The van der Waals surface area contributed by atoms with E-state index in [1.54, 1.807) is 0 Å². The van der Waals surface area contributed by atoms with E-state index in [-0.39, 0.29) is 12.5 Å². The Kier molecular flexibility index (Phi) is 4.80. The number of nitrogens with one attached hydrogen (secondary N) is 1. The number of carbonyl (C=O) groups is 2. The Morgan fingerprint density at radius 3 is 2.71 bits per heavy atom. The van der Waals surface area contributed by atoms with Gasteiger partial charge in [-0.3, -0.25) is 15.0 Å². The van der Waals surface area contributed by atoms with Crippen LogP contribution in [-0.4, -0.2) is 46.0 Å². The lowest BCUT2D eigenvalue weighted by Crippen LogP contribution is -2.45. The number of nitrogens with two attached hydrogens (primary N) is 1. The molecule has 1 aliphatic rings. The maximum Gasteiger partial charge on any atom is 0.318 e. The fourth-order valence-electron chi connectivity index (χ4n) is 3.39. The van der Waals surface area contributed by atoms with Crippen molar-refractivity contribution in [2.24, 2.45) is 11.7 Å². The van der Waals surface area contributed by atoms with Gasteiger partial charge < -0.3 is 10.3 Å². The van der Waals surface area contributed by atoms with Gasteiger partial charge in [-0.1, -0.05) is 12.1 Å². The molecule has 7 heteroatoms. The maximum absolute atomic E-state index is 11.6. The molecule has 24 heavy (non-hydrogen) atoms. The summed E-state index contributed by atoms with van der Waals surface area (Å²) < 4.78 is 2.29. The number of carbonyl (C=O) groups excluding carboxylic acids is 2. The molecule has 0 radical (unpaired) electrons. The van der Waals surface area contributed by atoms with E-state index in [0.29, 0.717) is 5.92 Å². The number of urea groups is 1. The van der Waals surface area contributed by atoms with Gasteiger partial charge in [0.05, 0.1) is 17.6 Å². The van der Waals surface area contributed by atoms with Gasteiger partial charge in [-0.2, -0.15) is 0 Å². The number of nitrogens with zero attached hydrogens (tertiary/aromatic N) is 3. The molecule has 0 unspecified atom stereocenters. The number of likely N-dealkylation sites (tertiary alicyclic amines) is 1. The van der Waals surface area contributed by atoms with E-state index >= 15 is 0 Å². The summed E-state index contributed by atoms with van der Waals surface area (Å²) in [5.74, 6) is 1.27. The Morgan fingerprint density at radius 2 is 2.00 bits per heavy atom. The molecule has 0 atom stereocenters. The molecule has 1 saturated heterocycles. The number of hydrogen-bond acceptors (Lipinski definition) is 4. The minimum absolute atomic E-state index is 0.225. The second-order valence-electron chi connectivity index (χ2n) is 6.39. The first-order valence-corrected chi connectivity index (χ1v) is 8.26. The summed E-state index contributed by atoms with van der Waals surface area (Å²) in [6, 6.07) is 7.41. The summed E-state index contributed by atoms with van der Waals surface area (Å²) in [7, 11) is 0. The highest BCUT2D eigenvalue weighted by Crippen LogP contribution is 2.23. The fourth-order valence-corrected chi connectivity index (χ4v) is 3.39. The maximum atomic E-state index is 11.6. The minimum Gasteiger partial charge on any atom is -0.351 e. The lowest BCUT2D eigenvalue weighted by molar-refractivity contribution is -0.121. The normalized spacial score (nSPS) is 16.4. The van der Waals surface area contributed by atoms with Gasteiger partial charge in [-0.05, 0) is 50.9 Å². The fraction of sp³-hybridized carbons (Fsp3) is 0.471. The van der Waals surface area contributed by atoms with E-state index in [9.17, 15) is 9.59 Å².